The lowest BCUT2D eigenvalue weighted by Crippen LogP contribution is -2.58. The van der Waals surface area contributed by atoms with Gasteiger partial charge in [0.1, 0.15) is 24.2 Å². The number of carbonyl (C=O) groups excluding carboxylic acids is 1. The van der Waals surface area contributed by atoms with E-state index in [4.69, 9.17) is 21.1 Å². The Labute approximate surface area is 245 Å². The van der Waals surface area contributed by atoms with Crippen LogP contribution in [0, 0.1) is 18.6 Å². The van der Waals surface area contributed by atoms with Crippen molar-refractivity contribution in [2.75, 3.05) is 37.6 Å². The molecule has 1 saturated heterocycles. The van der Waals surface area contributed by atoms with Crippen LogP contribution in [0.25, 0.3) is 22.0 Å². The Bertz CT molecular complexity index is 1590. The monoisotopic (exact) mass is 604 g/mol. The summed E-state index contributed by atoms with van der Waals surface area (Å²) in [7, 11) is 1.52. The molecule has 0 radical (unpaired) electrons. The number of aromatic nitrogens is 2. The quantitative estimate of drug-likeness (QED) is 0.222. The number of methoxy groups -OCH3 is 1. The number of halogens is 3. The molecule has 3 aromatic rings. The highest BCUT2D eigenvalue weighted by Crippen LogP contribution is 2.45. The third-order valence-electron chi connectivity index (χ3n) is 7.54. The van der Waals surface area contributed by atoms with Gasteiger partial charge in [-0.25, -0.2) is 13.6 Å². The van der Waals surface area contributed by atoms with Crippen molar-refractivity contribution in [3.05, 3.63) is 63.6 Å². The molecule has 2 aliphatic heterocycles. The maximum atomic E-state index is 15.3. The summed E-state index contributed by atoms with van der Waals surface area (Å²) in [6, 6.07) is 3.63. The molecule has 218 valence electrons. The highest BCUT2D eigenvalue weighted by molar-refractivity contribution is 7.99. The average Bonchev–Trinajstić information content (AvgIpc) is 3.12. The third kappa shape index (κ3) is 5.36. The summed E-state index contributed by atoms with van der Waals surface area (Å²) in [5.74, 6) is -0.797. The van der Waals surface area contributed by atoms with Crippen molar-refractivity contribution in [3.63, 3.8) is 0 Å². The Hall–Kier alpha value is -2.99. The first-order valence-electron chi connectivity index (χ1n) is 13.2. The van der Waals surface area contributed by atoms with Gasteiger partial charge < -0.3 is 19.3 Å². The van der Waals surface area contributed by atoms with Gasteiger partial charge in [-0.15, -0.1) is 11.8 Å². The van der Waals surface area contributed by atoms with Gasteiger partial charge in [0.25, 0.3) is 0 Å². The van der Waals surface area contributed by atoms with E-state index in [1.165, 1.54) is 31.0 Å². The van der Waals surface area contributed by atoms with Gasteiger partial charge in [0.2, 0.25) is 5.91 Å². The SMILES string of the molecule is C=CC(=O)N1[C@H](C)CN(c2nc(=O)n3c4c(c(-c5cc(Cl)c(F)cc5F)c(C)cc24)SC[C@@H](OCOC)C3)C[C@@H]1C. The second kappa shape index (κ2) is 11.7. The van der Waals surface area contributed by atoms with Crippen LogP contribution in [0.5, 0.6) is 0 Å². The molecule has 0 unspecified atom stereocenters. The van der Waals surface area contributed by atoms with E-state index in [9.17, 15) is 14.0 Å². The fraction of sp³-hybridized carbons (Fsp3) is 0.414. The molecule has 0 N–H and O–H groups in total. The normalized spacial score (nSPS) is 20.8. The molecule has 1 amide bonds. The fourth-order valence-electron chi connectivity index (χ4n) is 5.86. The van der Waals surface area contributed by atoms with Crippen molar-refractivity contribution in [1.82, 2.24) is 14.5 Å². The maximum absolute atomic E-state index is 15.3. The van der Waals surface area contributed by atoms with Gasteiger partial charge in [-0.1, -0.05) is 18.2 Å². The van der Waals surface area contributed by atoms with Crippen molar-refractivity contribution in [2.45, 2.75) is 50.4 Å². The highest BCUT2D eigenvalue weighted by atomic mass is 35.5. The van der Waals surface area contributed by atoms with Gasteiger partial charge in [-0.05, 0) is 44.5 Å². The zero-order valence-corrected chi connectivity index (χ0v) is 24.8. The van der Waals surface area contributed by atoms with E-state index >= 15 is 4.39 Å². The maximum Gasteiger partial charge on any atom is 0.350 e. The molecule has 1 fully saturated rings. The molecular formula is C29H31ClF2N4O4S. The number of amides is 1. The third-order valence-corrected chi connectivity index (χ3v) is 9.06. The van der Waals surface area contributed by atoms with Crippen LogP contribution in [-0.4, -0.2) is 71.3 Å². The van der Waals surface area contributed by atoms with Crippen LogP contribution in [0.4, 0.5) is 14.6 Å². The summed E-state index contributed by atoms with van der Waals surface area (Å²) >= 11 is 7.53. The molecule has 2 aromatic carbocycles. The minimum atomic E-state index is -0.848. The van der Waals surface area contributed by atoms with E-state index < -0.39 is 17.3 Å². The lowest BCUT2D eigenvalue weighted by atomic mass is 9.97. The summed E-state index contributed by atoms with van der Waals surface area (Å²) in [5.41, 5.74) is 1.51. The number of carbonyl (C=O) groups is 1. The van der Waals surface area contributed by atoms with E-state index in [1.54, 1.807) is 9.47 Å². The largest absolute Gasteiger partial charge is 0.359 e. The summed E-state index contributed by atoms with van der Waals surface area (Å²) in [4.78, 5) is 35.2. The number of hydrogen-bond acceptors (Lipinski definition) is 7. The van der Waals surface area contributed by atoms with Crippen LogP contribution < -0.4 is 10.6 Å². The molecule has 0 spiro atoms. The molecule has 5 rings (SSSR count). The van der Waals surface area contributed by atoms with E-state index in [0.29, 0.717) is 46.2 Å². The second-order valence-corrected chi connectivity index (χ2v) is 11.9. The lowest BCUT2D eigenvalue weighted by Gasteiger charge is -2.44. The van der Waals surface area contributed by atoms with Crippen molar-refractivity contribution >= 4 is 46.0 Å². The fourth-order valence-corrected chi connectivity index (χ4v) is 7.35. The topological polar surface area (TPSA) is 76.9 Å². The molecule has 12 heteroatoms. The minimum absolute atomic E-state index is 0.0442. The first kappa shape index (κ1) is 29.5. The molecule has 0 saturated carbocycles. The van der Waals surface area contributed by atoms with Gasteiger partial charge >= 0.3 is 5.69 Å². The highest BCUT2D eigenvalue weighted by Gasteiger charge is 2.35. The number of benzene rings is 2. The number of rotatable bonds is 6. The van der Waals surface area contributed by atoms with Crippen LogP contribution in [0.1, 0.15) is 19.4 Å². The van der Waals surface area contributed by atoms with Crippen molar-refractivity contribution in [1.29, 1.82) is 0 Å². The molecule has 2 aliphatic rings. The first-order valence-corrected chi connectivity index (χ1v) is 14.6. The van der Waals surface area contributed by atoms with E-state index in [-0.39, 0.29) is 48.0 Å². The van der Waals surface area contributed by atoms with E-state index in [2.05, 4.69) is 11.6 Å². The number of thioether (sulfide) groups is 1. The van der Waals surface area contributed by atoms with Gasteiger partial charge in [0.05, 0.1) is 23.2 Å². The predicted octanol–water partition coefficient (Wildman–Crippen LogP) is 5.01. The Morgan fingerprint density at radius 2 is 1.90 bits per heavy atom. The van der Waals surface area contributed by atoms with Crippen LogP contribution in [0.2, 0.25) is 5.02 Å². The van der Waals surface area contributed by atoms with Gasteiger partial charge in [-0.3, -0.25) is 9.36 Å². The molecule has 8 nitrogen and oxygen atoms in total. The number of piperazine rings is 1. The Morgan fingerprint density at radius 1 is 1.20 bits per heavy atom. The van der Waals surface area contributed by atoms with Crippen LogP contribution in [0.3, 0.4) is 0 Å². The molecule has 3 atom stereocenters. The lowest BCUT2D eigenvalue weighted by molar-refractivity contribution is -0.130. The standard InChI is InChI=1S/C29H31ClF2N4O4S/c1-6-24(37)36-16(3)10-34(11-17(36)4)28-20-7-15(2)25(19-8-21(30)23(32)9-22(19)31)27-26(20)35(29(38)33-28)12-18(13-41-27)40-14-39-5/h6-9,16-18H,1,10-14H2,2-5H3/t16-,17+,18-/m0/s1. The van der Waals surface area contributed by atoms with Gasteiger partial charge in [-0.2, -0.15) is 4.98 Å². The van der Waals surface area contributed by atoms with Crippen LogP contribution in [-0.2, 0) is 20.8 Å². The Morgan fingerprint density at radius 3 is 2.56 bits per heavy atom. The van der Waals surface area contributed by atoms with Gasteiger partial charge in [0.15, 0.2) is 0 Å². The number of hydrogen-bond donors (Lipinski definition) is 0. The smallest absolute Gasteiger partial charge is 0.350 e. The molecule has 0 aliphatic carbocycles. The summed E-state index contributed by atoms with van der Waals surface area (Å²) < 4.78 is 41.9. The minimum Gasteiger partial charge on any atom is -0.359 e. The average molecular weight is 605 g/mol. The Kier molecular flexibility index (Phi) is 8.43. The molecule has 3 heterocycles. The summed E-state index contributed by atoms with van der Waals surface area (Å²) in [6.45, 7) is 10.5. The first-order chi connectivity index (χ1) is 19.5. The van der Waals surface area contributed by atoms with E-state index in [1.807, 2.05) is 31.7 Å². The van der Waals surface area contributed by atoms with Crippen molar-refractivity contribution in [2.24, 2.45) is 0 Å². The number of anilines is 1. The predicted molar refractivity (Wildman–Crippen MR) is 157 cm³/mol. The molecule has 0 bridgehead atoms. The van der Waals surface area contributed by atoms with Crippen molar-refractivity contribution < 1.29 is 23.0 Å². The summed E-state index contributed by atoms with van der Waals surface area (Å²) in [6.07, 6.45) is 0.925. The van der Waals surface area contributed by atoms with Crippen LogP contribution in [0.15, 0.2) is 40.5 Å². The second-order valence-electron chi connectivity index (χ2n) is 10.4. The number of ether oxygens (including phenoxy) is 2. The van der Waals surface area contributed by atoms with Gasteiger partial charge in [0, 0.05) is 65.5 Å². The van der Waals surface area contributed by atoms with Crippen LogP contribution >= 0.6 is 23.4 Å². The molecular weight excluding hydrogens is 574 g/mol. The zero-order valence-electron chi connectivity index (χ0n) is 23.2. The molecule has 1 aromatic heterocycles. The zero-order chi connectivity index (χ0) is 29.6. The number of nitrogens with zero attached hydrogens (tertiary/aromatic N) is 4. The van der Waals surface area contributed by atoms with E-state index in [0.717, 1.165) is 11.5 Å². The Balaban J connectivity index is 1.74. The van der Waals surface area contributed by atoms with Crippen molar-refractivity contribution in [3.8, 4) is 11.1 Å². The summed E-state index contributed by atoms with van der Waals surface area (Å²) in [5, 5.41) is 0.521. The molecule has 41 heavy (non-hydrogen) atoms. The number of aryl methyl sites for hydroxylation is 1.